The number of pyridine rings is 1. The normalized spacial score (nSPS) is 9.57. The molecule has 1 aromatic heterocycles. The van der Waals surface area contributed by atoms with Crippen molar-refractivity contribution in [3.8, 4) is 0 Å². The molecule has 0 spiro atoms. The van der Waals surface area contributed by atoms with Crippen molar-refractivity contribution >= 4 is 11.6 Å². The summed E-state index contributed by atoms with van der Waals surface area (Å²) in [5.41, 5.74) is 3.52. The molecule has 1 heterocycles. The Hall–Kier alpha value is -1.62. The van der Waals surface area contributed by atoms with Gasteiger partial charge in [0.15, 0.2) is 0 Å². The van der Waals surface area contributed by atoms with Crippen LogP contribution in [0, 0.1) is 0 Å². The lowest BCUT2D eigenvalue weighted by Gasteiger charge is -2.03. The Labute approximate surface area is 82.7 Å². The number of anilines is 1. The molecule has 0 radical (unpaired) electrons. The summed E-state index contributed by atoms with van der Waals surface area (Å²) < 4.78 is 0. The molecule has 0 bridgehead atoms. The highest BCUT2D eigenvalue weighted by molar-refractivity contribution is 5.92. The number of hydrogen-bond acceptors (Lipinski definition) is 4. The highest BCUT2D eigenvalue weighted by Crippen LogP contribution is 2.03. The summed E-state index contributed by atoms with van der Waals surface area (Å²) >= 11 is 0. The second kappa shape index (κ2) is 5.18. The third kappa shape index (κ3) is 2.70. The van der Waals surface area contributed by atoms with Gasteiger partial charge in [0.1, 0.15) is 5.69 Å². The lowest BCUT2D eigenvalue weighted by atomic mass is 10.3. The molecule has 4 N–H and O–H groups in total. The van der Waals surface area contributed by atoms with Crippen LogP contribution in [0.1, 0.15) is 23.8 Å². The second-order valence-electron chi connectivity index (χ2n) is 2.83. The van der Waals surface area contributed by atoms with E-state index in [0.717, 1.165) is 6.42 Å². The Bertz CT molecular complexity index is 296. The van der Waals surface area contributed by atoms with E-state index in [1.54, 1.807) is 12.1 Å². The molecule has 0 atom stereocenters. The van der Waals surface area contributed by atoms with Gasteiger partial charge in [-0.1, -0.05) is 6.92 Å². The van der Waals surface area contributed by atoms with Gasteiger partial charge in [-0.2, -0.15) is 0 Å². The maximum absolute atomic E-state index is 11.4. The van der Waals surface area contributed by atoms with Gasteiger partial charge in [0, 0.05) is 6.54 Å². The first kappa shape index (κ1) is 10.5. The summed E-state index contributed by atoms with van der Waals surface area (Å²) in [4.78, 5) is 15.3. The van der Waals surface area contributed by atoms with E-state index < -0.39 is 0 Å². The summed E-state index contributed by atoms with van der Waals surface area (Å²) in [6.07, 6.45) is 2.43. The zero-order valence-corrected chi connectivity index (χ0v) is 8.08. The molecular formula is C9H14N4O. The highest BCUT2D eigenvalue weighted by Gasteiger charge is 2.04. The molecule has 0 fully saturated rings. The van der Waals surface area contributed by atoms with E-state index in [1.165, 1.54) is 6.20 Å². The third-order valence-electron chi connectivity index (χ3n) is 1.70. The van der Waals surface area contributed by atoms with E-state index in [2.05, 4.69) is 15.7 Å². The molecule has 5 nitrogen and oxygen atoms in total. The standard InChI is InChI=1S/C9H14N4O/c1-2-5-11-9(14)8-4-3-7(13-10)6-12-8/h3-4,6,13H,2,5,10H2,1H3,(H,11,14). The van der Waals surface area contributed by atoms with Crippen LogP contribution in [0.2, 0.25) is 0 Å². The van der Waals surface area contributed by atoms with Gasteiger partial charge in [-0.3, -0.25) is 10.6 Å². The van der Waals surface area contributed by atoms with Crippen LogP contribution < -0.4 is 16.6 Å². The van der Waals surface area contributed by atoms with Crippen molar-refractivity contribution in [3.63, 3.8) is 0 Å². The number of rotatable bonds is 4. The van der Waals surface area contributed by atoms with E-state index in [1.807, 2.05) is 6.92 Å². The number of hydrazine groups is 1. The predicted molar refractivity (Wildman–Crippen MR) is 54.7 cm³/mol. The molecule has 1 rings (SSSR count). The average Bonchev–Trinajstić information content (AvgIpc) is 2.26. The van der Waals surface area contributed by atoms with Gasteiger partial charge in [-0.15, -0.1) is 0 Å². The first-order chi connectivity index (χ1) is 6.77. The molecule has 76 valence electrons. The topological polar surface area (TPSA) is 80.0 Å². The smallest absolute Gasteiger partial charge is 0.269 e. The van der Waals surface area contributed by atoms with E-state index in [-0.39, 0.29) is 5.91 Å². The number of hydrogen-bond donors (Lipinski definition) is 3. The van der Waals surface area contributed by atoms with E-state index >= 15 is 0 Å². The highest BCUT2D eigenvalue weighted by atomic mass is 16.1. The minimum Gasteiger partial charge on any atom is -0.351 e. The predicted octanol–water partition coefficient (Wildman–Crippen LogP) is 0.507. The minimum absolute atomic E-state index is 0.157. The maximum atomic E-state index is 11.4. The average molecular weight is 194 g/mol. The molecule has 0 unspecified atom stereocenters. The molecule has 0 saturated carbocycles. The van der Waals surface area contributed by atoms with Gasteiger partial charge in [0.05, 0.1) is 11.9 Å². The molecular weight excluding hydrogens is 180 g/mol. The fourth-order valence-corrected chi connectivity index (χ4v) is 0.943. The van der Waals surface area contributed by atoms with Gasteiger partial charge in [0.2, 0.25) is 0 Å². The zero-order valence-electron chi connectivity index (χ0n) is 8.08. The van der Waals surface area contributed by atoms with Gasteiger partial charge in [-0.05, 0) is 18.6 Å². The van der Waals surface area contributed by atoms with Crippen LogP contribution in [0.25, 0.3) is 0 Å². The van der Waals surface area contributed by atoms with Crippen molar-refractivity contribution in [2.75, 3.05) is 12.0 Å². The Balaban J connectivity index is 2.62. The number of nitrogens with two attached hydrogens (primary N) is 1. The molecule has 0 aliphatic carbocycles. The van der Waals surface area contributed by atoms with Crippen LogP contribution in [0.3, 0.4) is 0 Å². The first-order valence-electron chi connectivity index (χ1n) is 4.48. The molecule has 1 amide bonds. The number of nitrogen functional groups attached to an aromatic ring is 1. The van der Waals surface area contributed by atoms with E-state index in [9.17, 15) is 4.79 Å². The minimum atomic E-state index is -0.157. The van der Waals surface area contributed by atoms with E-state index in [4.69, 9.17) is 5.84 Å². The Morgan fingerprint density at radius 2 is 2.36 bits per heavy atom. The largest absolute Gasteiger partial charge is 0.351 e. The van der Waals surface area contributed by atoms with Gasteiger partial charge in [-0.25, -0.2) is 4.98 Å². The summed E-state index contributed by atoms with van der Waals surface area (Å²) in [5, 5.41) is 2.73. The van der Waals surface area contributed by atoms with Crippen molar-refractivity contribution in [1.29, 1.82) is 0 Å². The van der Waals surface area contributed by atoms with Crippen LogP contribution in [0.15, 0.2) is 18.3 Å². The van der Waals surface area contributed by atoms with Crippen LogP contribution in [0.5, 0.6) is 0 Å². The summed E-state index contributed by atoms with van der Waals surface area (Å²) in [6.45, 7) is 2.66. The molecule has 0 aromatic carbocycles. The number of aromatic nitrogens is 1. The monoisotopic (exact) mass is 194 g/mol. The molecule has 0 aliphatic rings. The molecule has 14 heavy (non-hydrogen) atoms. The third-order valence-corrected chi connectivity index (χ3v) is 1.70. The van der Waals surface area contributed by atoms with Crippen molar-refractivity contribution in [2.24, 2.45) is 5.84 Å². The van der Waals surface area contributed by atoms with Crippen LogP contribution >= 0.6 is 0 Å². The van der Waals surface area contributed by atoms with E-state index in [0.29, 0.717) is 17.9 Å². The molecule has 5 heteroatoms. The van der Waals surface area contributed by atoms with Crippen LogP contribution in [-0.4, -0.2) is 17.4 Å². The van der Waals surface area contributed by atoms with Crippen LogP contribution in [0.4, 0.5) is 5.69 Å². The zero-order chi connectivity index (χ0) is 10.4. The fraction of sp³-hybridized carbons (Fsp3) is 0.333. The number of nitrogens with zero attached hydrogens (tertiary/aromatic N) is 1. The molecule has 0 aliphatic heterocycles. The molecule has 1 aromatic rings. The van der Waals surface area contributed by atoms with Gasteiger partial charge in [0.25, 0.3) is 5.91 Å². The van der Waals surface area contributed by atoms with Crippen molar-refractivity contribution in [1.82, 2.24) is 10.3 Å². The van der Waals surface area contributed by atoms with Gasteiger partial charge < -0.3 is 10.7 Å². The van der Waals surface area contributed by atoms with Crippen molar-refractivity contribution < 1.29 is 4.79 Å². The fourth-order valence-electron chi connectivity index (χ4n) is 0.943. The Morgan fingerprint density at radius 1 is 1.57 bits per heavy atom. The molecule has 0 saturated heterocycles. The lowest BCUT2D eigenvalue weighted by Crippen LogP contribution is -2.24. The first-order valence-corrected chi connectivity index (χ1v) is 4.48. The van der Waals surface area contributed by atoms with Crippen LogP contribution in [-0.2, 0) is 0 Å². The van der Waals surface area contributed by atoms with Crippen molar-refractivity contribution in [3.05, 3.63) is 24.0 Å². The van der Waals surface area contributed by atoms with Gasteiger partial charge >= 0.3 is 0 Å². The maximum Gasteiger partial charge on any atom is 0.269 e. The quantitative estimate of drug-likeness (QED) is 0.482. The Morgan fingerprint density at radius 3 is 2.86 bits per heavy atom. The lowest BCUT2D eigenvalue weighted by molar-refractivity contribution is 0.0949. The Kier molecular flexibility index (Phi) is 3.87. The van der Waals surface area contributed by atoms with Crippen molar-refractivity contribution in [2.45, 2.75) is 13.3 Å². The second-order valence-corrected chi connectivity index (χ2v) is 2.83. The SMILES string of the molecule is CCCNC(=O)c1ccc(NN)cn1. The summed E-state index contributed by atoms with van der Waals surface area (Å²) in [7, 11) is 0. The number of nitrogens with one attached hydrogen (secondary N) is 2. The number of amides is 1. The summed E-state index contributed by atoms with van der Waals surface area (Å²) in [5.74, 6) is 5.01. The number of carbonyl (C=O) groups excluding carboxylic acids is 1. The number of carbonyl (C=O) groups is 1. The summed E-state index contributed by atoms with van der Waals surface area (Å²) in [6, 6.07) is 3.33.